The predicted octanol–water partition coefficient (Wildman–Crippen LogP) is 2.98. The molecule has 1 aromatic carbocycles. The minimum Gasteiger partial charge on any atom is -0.303 e. The molecular weight excluding hydrogens is 291 g/mol. The van der Waals surface area contributed by atoms with Crippen LogP contribution in [0.3, 0.4) is 0 Å². The number of thiophene rings is 1. The van der Waals surface area contributed by atoms with Crippen LogP contribution in [-0.4, -0.2) is 16.8 Å². The van der Waals surface area contributed by atoms with Gasteiger partial charge < -0.3 is 5.32 Å². The molecule has 21 heavy (non-hydrogen) atoms. The Labute approximate surface area is 124 Å². The van der Waals surface area contributed by atoms with Crippen LogP contribution in [-0.2, 0) is 11.3 Å². The van der Waals surface area contributed by atoms with Gasteiger partial charge >= 0.3 is 6.03 Å². The van der Waals surface area contributed by atoms with E-state index in [0.29, 0.717) is 5.56 Å². The third-order valence-electron chi connectivity index (χ3n) is 3.10. The van der Waals surface area contributed by atoms with E-state index >= 15 is 0 Å². The summed E-state index contributed by atoms with van der Waals surface area (Å²) in [6.45, 7) is -0.0850. The third-order valence-corrected chi connectivity index (χ3v) is 3.80. The van der Waals surface area contributed by atoms with Gasteiger partial charge in [0.2, 0.25) is 0 Å². The van der Waals surface area contributed by atoms with Gasteiger partial charge in [-0.1, -0.05) is 18.2 Å². The molecule has 0 radical (unpaired) electrons. The summed E-state index contributed by atoms with van der Waals surface area (Å²) in [6.07, 6.45) is 1.61. The molecule has 1 aliphatic heterocycles. The van der Waals surface area contributed by atoms with Gasteiger partial charge in [0.05, 0.1) is 6.54 Å². The van der Waals surface area contributed by atoms with Crippen LogP contribution >= 0.6 is 11.3 Å². The summed E-state index contributed by atoms with van der Waals surface area (Å²) in [5.74, 6) is -0.886. The zero-order valence-corrected chi connectivity index (χ0v) is 11.7. The van der Waals surface area contributed by atoms with E-state index in [1.54, 1.807) is 24.3 Å². The molecule has 3 amide bonds. The Balaban J connectivity index is 1.83. The van der Waals surface area contributed by atoms with E-state index in [9.17, 15) is 14.0 Å². The number of nitrogens with one attached hydrogen (secondary N) is 1. The van der Waals surface area contributed by atoms with Gasteiger partial charge in [-0.2, -0.15) is 11.3 Å². The molecule has 0 bridgehead atoms. The average Bonchev–Trinajstić information content (AvgIpc) is 3.05. The number of carbonyl (C=O) groups is 2. The van der Waals surface area contributed by atoms with Gasteiger partial charge in [0.25, 0.3) is 5.91 Å². The second-order valence-corrected chi connectivity index (χ2v) is 5.31. The summed E-state index contributed by atoms with van der Waals surface area (Å²) in [6, 6.07) is 7.39. The highest BCUT2D eigenvalue weighted by atomic mass is 32.1. The van der Waals surface area contributed by atoms with Crippen LogP contribution in [0.5, 0.6) is 0 Å². The van der Waals surface area contributed by atoms with Crippen LogP contribution < -0.4 is 5.32 Å². The Morgan fingerprint density at radius 1 is 1.24 bits per heavy atom. The first-order chi connectivity index (χ1) is 10.1. The molecule has 1 aromatic heterocycles. The van der Waals surface area contributed by atoms with Crippen LogP contribution in [0.2, 0.25) is 0 Å². The lowest BCUT2D eigenvalue weighted by Gasteiger charge is -2.12. The zero-order valence-electron chi connectivity index (χ0n) is 10.9. The first-order valence-electron chi connectivity index (χ1n) is 6.25. The van der Waals surface area contributed by atoms with Crippen molar-refractivity contribution in [2.24, 2.45) is 0 Å². The summed E-state index contributed by atoms with van der Waals surface area (Å²) in [4.78, 5) is 25.1. The van der Waals surface area contributed by atoms with Gasteiger partial charge in [-0.3, -0.25) is 9.69 Å². The molecule has 0 aliphatic carbocycles. The lowest BCUT2D eigenvalue weighted by Crippen LogP contribution is -2.30. The zero-order chi connectivity index (χ0) is 14.8. The van der Waals surface area contributed by atoms with E-state index in [2.05, 4.69) is 5.32 Å². The quantitative estimate of drug-likeness (QED) is 0.700. The highest BCUT2D eigenvalue weighted by Crippen LogP contribution is 2.19. The second kappa shape index (κ2) is 5.49. The monoisotopic (exact) mass is 302 g/mol. The SMILES string of the molecule is O=C1NC(=Cc2ccsc2)C(=O)N1Cc1ccccc1F. The average molecular weight is 302 g/mol. The molecule has 4 nitrogen and oxygen atoms in total. The number of carbonyl (C=O) groups excluding carboxylic acids is 2. The van der Waals surface area contributed by atoms with Crippen molar-refractivity contribution in [2.45, 2.75) is 6.54 Å². The van der Waals surface area contributed by atoms with Crippen molar-refractivity contribution < 1.29 is 14.0 Å². The number of hydrogen-bond donors (Lipinski definition) is 1. The predicted molar refractivity (Wildman–Crippen MR) is 77.8 cm³/mol. The Morgan fingerprint density at radius 2 is 2.05 bits per heavy atom. The Kier molecular flexibility index (Phi) is 3.53. The fraction of sp³-hybridized carbons (Fsp3) is 0.0667. The van der Waals surface area contributed by atoms with E-state index in [1.807, 2.05) is 16.8 Å². The standard InChI is InChI=1S/C15H11FN2O2S/c16-12-4-2-1-3-11(12)8-18-14(19)13(17-15(18)20)7-10-5-6-21-9-10/h1-7,9H,8H2,(H,17,20). The molecular formula is C15H11FN2O2S. The number of hydrogen-bond acceptors (Lipinski definition) is 3. The Morgan fingerprint density at radius 3 is 2.76 bits per heavy atom. The molecule has 0 spiro atoms. The van der Waals surface area contributed by atoms with Crippen molar-refractivity contribution >= 4 is 29.4 Å². The van der Waals surface area contributed by atoms with Gasteiger partial charge in [-0.25, -0.2) is 9.18 Å². The summed E-state index contributed by atoms with van der Waals surface area (Å²) >= 11 is 1.50. The molecule has 0 saturated carbocycles. The molecule has 1 N–H and O–H groups in total. The van der Waals surface area contributed by atoms with Crippen LogP contribution in [0, 0.1) is 5.82 Å². The fourth-order valence-electron chi connectivity index (χ4n) is 2.04. The number of nitrogens with zero attached hydrogens (tertiary/aromatic N) is 1. The molecule has 0 atom stereocenters. The smallest absolute Gasteiger partial charge is 0.303 e. The summed E-state index contributed by atoms with van der Waals surface area (Å²) in [7, 11) is 0. The fourth-order valence-corrected chi connectivity index (χ4v) is 2.65. The lowest BCUT2D eigenvalue weighted by atomic mass is 10.2. The lowest BCUT2D eigenvalue weighted by molar-refractivity contribution is -0.123. The molecule has 2 aromatic rings. The van der Waals surface area contributed by atoms with Crippen LogP contribution in [0.4, 0.5) is 9.18 Å². The van der Waals surface area contributed by atoms with Gasteiger partial charge in [-0.15, -0.1) is 0 Å². The second-order valence-electron chi connectivity index (χ2n) is 4.53. The molecule has 106 valence electrons. The number of benzene rings is 1. The normalized spacial score (nSPS) is 16.6. The molecule has 3 rings (SSSR count). The molecule has 0 unspecified atom stereocenters. The third kappa shape index (κ3) is 2.71. The van der Waals surface area contributed by atoms with Crippen LogP contribution in [0.25, 0.3) is 6.08 Å². The topological polar surface area (TPSA) is 49.4 Å². The highest BCUT2D eigenvalue weighted by Gasteiger charge is 2.33. The number of imide groups is 1. The van der Waals surface area contributed by atoms with Gasteiger partial charge in [0, 0.05) is 5.56 Å². The van der Waals surface area contributed by atoms with Crippen molar-refractivity contribution in [2.75, 3.05) is 0 Å². The van der Waals surface area contributed by atoms with Crippen molar-refractivity contribution in [3.05, 3.63) is 63.7 Å². The van der Waals surface area contributed by atoms with Crippen LogP contribution in [0.1, 0.15) is 11.1 Å². The Bertz CT molecular complexity index is 725. The number of urea groups is 1. The van der Waals surface area contributed by atoms with Gasteiger partial charge in [0.1, 0.15) is 11.5 Å². The van der Waals surface area contributed by atoms with E-state index in [1.165, 1.54) is 17.4 Å². The van der Waals surface area contributed by atoms with Crippen molar-refractivity contribution in [1.29, 1.82) is 0 Å². The molecule has 1 fully saturated rings. The maximum Gasteiger partial charge on any atom is 0.329 e. The minimum atomic E-state index is -0.537. The first-order valence-corrected chi connectivity index (χ1v) is 7.19. The van der Waals surface area contributed by atoms with Gasteiger partial charge in [-0.05, 0) is 34.5 Å². The van der Waals surface area contributed by atoms with E-state index in [4.69, 9.17) is 0 Å². The van der Waals surface area contributed by atoms with E-state index in [0.717, 1.165) is 10.5 Å². The van der Waals surface area contributed by atoms with Crippen molar-refractivity contribution in [3.63, 3.8) is 0 Å². The number of halogens is 1. The maximum absolute atomic E-state index is 13.6. The summed E-state index contributed by atoms with van der Waals surface area (Å²) in [5, 5.41) is 6.26. The first kappa shape index (κ1) is 13.5. The maximum atomic E-state index is 13.6. The van der Waals surface area contributed by atoms with E-state index in [-0.39, 0.29) is 12.2 Å². The summed E-state index contributed by atoms with van der Waals surface area (Å²) in [5.41, 5.74) is 1.35. The molecule has 1 aliphatic rings. The van der Waals surface area contributed by atoms with Crippen LogP contribution in [0.15, 0.2) is 46.8 Å². The molecule has 6 heteroatoms. The van der Waals surface area contributed by atoms with Gasteiger partial charge in [0.15, 0.2) is 0 Å². The number of rotatable bonds is 3. The Hall–Kier alpha value is -2.47. The molecule has 2 heterocycles. The highest BCUT2D eigenvalue weighted by molar-refractivity contribution is 7.08. The number of amides is 3. The minimum absolute atomic E-state index is 0.0850. The van der Waals surface area contributed by atoms with E-state index < -0.39 is 17.8 Å². The largest absolute Gasteiger partial charge is 0.329 e. The van der Waals surface area contributed by atoms with Crippen molar-refractivity contribution in [3.8, 4) is 0 Å². The van der Waals surface area contributed by atoms with Crippen molar-refractivity contribution in [1.82, 2.24) is 10.2 Å². The molecule has 1 saturated heterocycles. The summed E-state index contributed by atoms with van der Waals surface area (Å²) < 4.78 is 13.6.